The standard InChI is InChI=1S/C21H13ClF2N4O/c22-14-3-11-18(12-4-14)28-20(13-1-5-15(23)6-2-13)26-19(27-28)21(29)25-17-9-7-16(24)8-10-17/h1-12H,(H,25,29). The molecule has 3 aromatic carbocycles. The summed E-state index contributed by atoms with van der Waals surface area (Å²) in [6.07, 6.45) is 0. The summed E-state index contributed by atoms with van der Waals surface area (Å²) in [5, 5.41) is 7.47. The second kappa shape index (κ2) is 7.81. The largest absolute Gasteiger partial charge is 0.319 e. The number of hydrogen-bond acceptors (Lipinski definition) is 3. The molecule has 1 amide bonds. The fourth-order valence-electron chi connectivity index (χ4n) is 2.68. The van der Waals surface area contributed by atoms with Crippen molar-refractivity contribution in [1.82, 2.24) is 14.8 Å². The van der Waals surface area contributed by atoms with Crippen molar-refractivity contribution in [3.8, 4) is 17.1 Å². The van der Waals surface area contributed by atoms with Gasteiger partial charge in [0, 0.05) is 16.3 Å². The third-order valence-corrected chi connectivity index (χ3v) is 4.34. The average molecular weight is 411 g/mol. The molecule has 0 fully saturated rings. The number of rotatable bonds is 4. The second-order valence-electron chi connectivity index (χ2n) is 6.12. The van der Waals surface area contributed by atoms with Gasteiger partial charge in [0.25, 0.3) is 5.91 Å². The van der Waals surface area contributed by atoms with Crippen molar-refractivity contribution in [1.29, 1.82) is 0 Å². The third kappa shape index (κ3) is 4.14. The van der Waals surface area contributed by atoms with Gasteiger partial charge >= 0.3 is 0 Å². The lowest BCUT2D eigenvalue weighted by atomic mass is 10.2. The van der Waals surface area contributed by atoms with Crippen LogP contribution in [0, 0.1) is 11.6 Å². The Morgan fingerprint density at radius 3 is 2.07 bits per heavy atom. The van der Waals surface area contributed by atoms with E-state index in [4.69, 9.17) is 11.6 Å². The molecular weight excluding hydrogens is 398 g/mol. The van der Waals surface area contributed by atoms with Gasteiger partial charge in [-0.2, -0.15) is 0 Å². The summed E-state index contributed by atoms with van der Waals surface area (Å²) in [4.78, 5) is 16.9. The van der Waals surface area contributed by atoms with Gasteiger partial charge in [-0.3, -0.25) is 4.79 Å². The summed E-state index contributed by atoms with van der Waals surface area (Å²) in [7, 11) is 0. The smallest absolute Gasteiger partial charge is 0.295 e. The van der Waals surface area contributed by atoms with Crippen molar-refractivity contribution in [2.75, 3.05) is 5.32 Å². The number of aromatic nitrogens is 3. The van der Waals surface area contributed by atoms with Gasteiger partial charge in [-0.25, -0.2) is 18.4 Å². The van der Waals surface area contributed by atoms with Gasteiger partial charge in [0.15, 0.2) is 5.82 Å². The van der Waals surface area contributed by atoms with E-state index in [1.54, 1.807) is 36.4 Å². The number of carbonyl (C=O) groups excluding carboxylic acids is 1. The quantitative estimate of drug-likeness (QED) is 0.508. The molecular formula is C21H13ClF2N4O. The van der Waals surface area contributed by atoms with Crippen LogP contribution in [0.1, 0.15) is 10.6 Å². The second-order valence-corrected chi connectivity index (χ2v) is 6.55. The lowest BCUT2D eigenvalue weighted by Crippen LogP contribution is -2.14. The maximum Gasteiger partial charge on any atom is 0.295 e. The fraction of sp³-hybridized carbons (Fsp3) is 0. The van der Waals surface area contributed by atoms with E-state index in [9.17, 15) is 13.6 Å². The molecule has 5 nitrogen and oxygen atoms in total. The maximum atomic E-state index is 13.3. The van der Waals surface area contributed by atoms with Crippen molar-refractivity contribution >= 4 is 23.2 Å². The van der Waals surface area contributed by atoms with E-state index < -0.39 is 11.7 Å². The molecule has 0 aliphatic heterocycles. The zero-order valence-electron chi connectivity index (χ0n) is 14.8. The number of amides is 1. The Morgan fingerprint density at radius 1 is 0.862 bits per heavy atom. The first kappa shape index (κ1) is 18.8. The van der Waals surface area contributed by atoms with Crippen LogP contribution in [-0.4, -0.2) is 20.7 Å². The number of carbonyl (C=O) groups is 1. The minimum absolute atomic E-state index is 0.0939. The minimum Gasteiger partial charge on any atom is -0.319 e. The summed E-state index contributed by atoms with van der Waals surface area (Å²) < 4.78 is 27.9. The first-order chi connectivity index (χ1) is 14.0. The van der Waals surface area contributed by atoms with Crippen LogP contribution >= 0.6 is 11.6 Å². The summed E-state index contributed by atoms with van der Waals surface area (Å²) in [5.41, 5.74) is 1.61. The highest BCUT2D eigenvalue weighted by atomic mass is 35.5. The molecule has 144 valence electrons. The highest BCUT2D eigenvalue weighted by Gasteiger charge is 2.19. The molecule has 0 atom stereocenters. The molecule has 0 aliphatic rings. The predicted molar refractivity (Wildman–Crippen MR) is 106 cm³/mol. The molecule has 0 saturated carbocycles. The van der Waals surface area contributed by atoms with Crippen molar-refractivity contribution < 1.29 is 13.6 Å². The molecule has 0 spiro atoms. The monoisotopic (exact) mass is 410 g/mol. The van der Waals surface area contributed by atoms with Crippen LogP contribution in [0.15, 0.2) is 72.8 Å². The van der Waals surface area contributed by atoms with Gasteiger partial charge in [0.05, 0.1) is 5.69 Å². The first-order valence-corrected chi connectivity index (χ1v) is 8.93. The minimum atomic E-state index is -0.562. The summed E-state index contributed by atoms with van der Waals surface area (Å²) in [6.45, 7) is 0. The number of anilines is 1. The summed E-state index contributed by atoms with van der Waals surface area (Å²) >= 11 is 5.95. The Hall–Kier alpha value is -3.58. The molecule has 4 aromatic rings. The van der Waals surface area contributed by atoms with Gasteiger partial charge in [-0.15, -0.1) is 5.10 Å². The van der Waals surface area contributed by atoms with Crippen molar-refractivity contribution in [3.63, 3.8) is 0 Å². The van der Waals surface area contributed by atoms with Gasteiger partial charge in [0.2, 0.25) is 5.82 Å². The van der Waals surface area contributed by atoms with E-state index in [1.807, 2.05) is 0 Å². The van der Waals surface area contributed by atoms with Crippen molar-refractivity contribution in [2.45, 2.75) is 0 Å². The van der Waals surface area contributed by atoms with Crippen LogP contribution < -0.4 is 5.32 Å². The van der Waals surface area contributed by atoms with Crippen LogP contribution in [0.3, 0.4) is 0 Å². The summed E-state index contributed by atoms with van der Waals surface area (Å²) in [6, 6.07) is 17.9. The molecule has 0 saturated heterocycles. The first-order valence-electron chi connectivity index (χ1n) is 8.55. The van der Waals surface area contributed by atoms with Crippen molar-refractivity contribution in [2.24, 2.45) is 0 Å². The van der Waals surface area contributed by atoms with Crippen LogP contribution in [0.5, 0.6) is 0 Å². The number of nitrogens with zero attached hydrogens (tertiary/aromatic N) is 3. The highest BCUT2D eigenvalue weighted by molar-refractivity contribution is 6.30. The van der Waals surface area contributed by atoms with Crippen LogP contribution in [-0.2, 0) is 0 Å². The Kier molecular flexibility index (Phi) is 5.05. The molecule has 0 unspecified atom stereocenters. The third-order valence-electron chi connectivity index (χ3n) is 4.09. The molecule has 0 bridgehead atoms. The fourth-order valence-corrected chi connectivity index (χ4v) is 2.80. The van der Waals surface area contributed by atoms with Crippen LogP contribution in [0.25, 0.3) is 17.1 Å². The molecule has 8 heteroatoms. The average Bonchev–Trinajstić information content (AvgIpc) is 3.16. The summed E-state index contributed by atoms with van der Waals surface area (Å²) in [5.74, 6) is -1.10. The molecule has 1 aromatic heterocycles. The molecule has 0 aliphatic carbocycles. The van der Waals surface area contributed by atoms with E-state index in [1.165, 1.54) is 41.1 Å². The van der Waals surface area contributed by atoms with Crippen LogP contribution in [0.2, 0.25) is 5.02 Å². The maximum absolute atomic E-state index is 13.3. The normalized spacial score (nSPS) is 10.7. The number of halogens is 3. The number of nitrogens with one attached hydrogen (secondary N) is 1. The SMILES string of the molecule is O=C(Nc1ccc(F)cc1)c1nc(-c2ccc(F)cc2)n(-c2ccc(Cl)cc2)n1. The lowest BCUT2D eigenvalue weighted by Gasteiger charge is -2.06. The van der Waals surface area contributed by atoms with E-state index in [0.717, 1.165) is 0 Å². The highest BCUT2D eigenvalue weighted by Crippen LogP contribution is 2.23. The molecule has 0 radical (unpaired) electrons. The molecule has 1 N–H and O–H groups in total. The van der Waals surface area contributed by atoms with Crippen LogP contribution in [0.4, 0.5) is 14.5 Å². The molecule has 29 heavy (non-hydrogen) atoms. The molecule has 4 rings (SSSR count). The van der Waals surface area contributed by atoms with Crippen molar-refractivity contribution in [3.05, 3.63) is 95.3 Å². The number of benzene rings is 3. The van der Waals surface area contributed by atoms with Gasteiger partial charge < -0.3 is 5.32 Å². The Morgan fingerprint density at radius 2 is 1.45 bits per heavy atom. The van der Waals surface area contributed by atoms with Gasteiger partial charge in [-0.05, 0) is 72.8 Å². The van der Waals surface area contributed by atoms with Gasteiger partial charge in [-0.1, -0.05) is 11.6 Å². The Bertz CT molecular complexity index is 1090. The zero-order chi connectivity index (χ0) is 20.4. The van der Waals surface area contributed by atoms with E-state index in [-0.39, 0.29) is 11.6 Å². The lowest BCUT2D eigenvalue weighted by molar-refractivity contribution is 0.101. The predicted octanol–water partition coefficient (Wildman–Crippen LogP) is 5.12. The Balaban J connectivity index is 1.74. The number of hydrogen-bond donors (Lipinski definition) is 1. The Labute approximate surface area is 169 Å². The topological polar surface area (TPSA) is 59.8 Å². The van der Waals surface area contributed by atoms with E-state index in [2.05, 4.69) is 15.4 Å². The van der Waals surface area contributed by atoms with Gasteiger partial charge in [0.1, 0.15) is 11.6 Å². The van der Waals surface area contributed by atoms with E-state index >= 15 is 0 Å². The molecule has 1 heterocycles. The van der Waals surface area contributed by atoms with E-state index in [0.29, 0.717) is 27.8 Å². The zero-order valence-corrected chi connectivity index (χ0v) is 15.6.